The molecule has 104 valence electrons. The highest BCUT2D eigenvalue weighted by atomic mass is 16.2. The summed E-state index contributed by atoms with van der Waals surface area (Å²) in [5.74, 6) is -0.247. The number of hydrogen-bond donors (Lipinski definition) is 2. The minimum Gasteiger partial charge on any atom is -0.376 e. The number of benzene rings is 1. The molecule has 0 radical (unpaired) electrons. The summed E-state index contributed by atoms with van der Waals surface area (Å²) in [6.07, 6.45) is 0. The molecule has 0 saturated carbocycles. The van der Waals surface area contributed by atoms with Crippen molar-refractivity contribution < 1.29 is 4.79 Å². The van der Waals surface area contributed by atoms with E-state index in [4.69, 9.17) is 10.5 Å². The summed E-state index contributed by atoms with van der Waals surface area (Å²) in [4.78, 5) is 11.9. The Kier molecular flexibility index (Phi) is 5.11. The number of nitrogens with zero attached hydrogens (tertiary/aromatic N) is 2. The number of carbonyl (C=O) groups is 1. The van der Waals surface area contributed by atoms with Gasteiger partial charge in [-0.3, -0.25) is 4.79 Å². The smallest absolute Gasteiger partial charge is 0.240 e. The maximum atomic E-state index is 11.9. The van der Waals surface area contributed by atoms with E-state index in [2.05, 4.69) is 16.7 Å². The van der Waals surface area contributed by atoms with Crippen molar-refractivity contribution in [2.45, 2.75) is 26.3 Å². The van der Waals surface area contributed by atoms with Crippen LogP contribution in [0.1, 0.15) is 26.3 Å². The van der Waals surface area contributed by atoms with E-state index in [1.807, 2.05) is 19.9 Å². The van der Waals surface area contributed by atoms with Crippen LogP contribution in [0.2, 0.25) is 0 Å². The van der Waals surface area contributed by atoms with E-state index in [1.165, 1.54) is 0 Å². The maximum Gasteiger partial charge on any atom is 0.240 e. The molecule has 5 heteroatoms. The Hall–Kier alpha value is -2.53. The molecule has 0 aliphatic carbocycles. The Morgan fingerprint density at radius 2 is 2.10 bits per heavy atom. The van der Waals surface area contributed by atoms with Gasteiger partial charge in [-0.15, -0.1) is 0 Å². The second-order valence-electron chi connectivity index (χ2n) is 5.06. The zero-order chi connectivity index (χ0) is 15.2. The maximum absolute atomic E-state index is 11.9. The molecule has 0 fully saturated rings. The van der Waals surface area contributed by atoms with Crippen LogP contribution in [0, 0.1) is 28.6 Å². The van der Waals surface area contributed by atoms with Gasteiger partial charge in [0.25, 0.3) is 0 Å². The standard InChI is InChI=1S/C15H18N4O/c1-11(2)15(3,10-17)19-14(20)9-18-13-6-4-5-12(7-13)8-16/h4-7,11,18H,9H2,1-3H3,(H,19,20)/t15-/m0/s1. The van der Waals surface area contributed by atoms with Crippen LogP contribution in [0.15, 0.2) is 24.3 Å². The fraction of sp³-hybridized carbons (Fsp3) is 0.400. The lowest BCUT2D eigenvalue weighted by Gasteiger charge is -2.27. The Morgan fingerprint density at radius 1 is 1.40 bits per heavy atom. The number of anilines is 1. The predicted molar refractivity (Wildman–Crippen MR) is 76.6 cm³/mol. The van der Waals surface area contributed by atoms with E-state index >= 15 is 0 Å². The number of carbonyl (C=O) groups excluding carboxylic acids is 1. The third kappa shape index (κ3) is 4.00. The highest BCUT2D eigenvalue weighted by molar-refractivity contribution is 5.81. The SMILES string of the molecule is CC(C)[C@](C)(C#N)NC(=O)CNc1cccc(C#N)c1. The summed E-state index contributed by atoms with van der Waals surface area (Å²) in [6.45, 7) is 5.52. The number of rotatable bonds is 5. The topological polar surface area (TPSA) is 88.7 Å². The molecule has 5 nitrogen and oxygen atoms in total. The van der Waals surface area contributed by atoms with Gasteiger partial charge in [0.15, 0.2) is 0 Å². The normalized spacial score (nSPS) is 12.9. The highest BCUT2D eigenvalue weighted by Crippen LogP contribution is 2.15. The van der Waals surface area contributed by atoms with Crippen molar-refractivity contribution >= 4 is 11.6 Å². The number of nitrogens with one attached hydrogen (secondary N) is 2. The molecule has 1 aromatic carbocycles. The largest absolute Gasteiger partial charge is 0.376 e. The first kappa shape index (κ1) is 15.5. The van der Waals surface area contributed by atoms with Gasteiger partial charge in [-0.2, -0.15) is 10.5 Å². The first-order valence-corrected chi connectivity index (χ1v) is 6.37. The third-order valence-corrected chi connectivity index (χ3v) is 3.23. The molecule has 20 heavy (non-hydrogen) atoms. The van der Waals surface area contributed by atoms with E-state index in [0.29, 0.717) is 11.3 Å². The van der Waals surface area contributed by atoms with Crippen molar-refractivity contribution in [2.24, 2.45) is 5.92 Å². The monoisotopic (exact) mass is 270 g/mol. The minimum absolute atomic E-state index is 0.0124. The van der Waals surface area contributed by atoms with Crippen LogP contribution in [-0.2, 0) is 4.79 Å². The van der Waals surface area contributed by atoms with Gasteiger partial charge < -0.3 is 10.6 Å². The van der Waals surface area contributed by atoms with Crippen molar-refractivity contribution in [1.29, 1.82) is 10.5 Å². The van der Waals surface area contributed by atoms with Gasteiger partial charge in [0.1, 0.15) is 5.54 Å². The molecule has 0 unspecified atom stereocenters. The first-order valence-electron chi connectivity index (χ1n) is 6.37. The van der Waals surface area contributed by atoms with E-state index in [0.717, 1.165) is 0 Å². The van der Waals surface area contributed by atoms with Gasteiger partial charge in [-0.05, 0) is 31.0 Å². The van der Waals surface area contributed by atoms with Crippen LogP contribution < -0.4 is 10.6 Å². The number of amides is 1. The molecule has 0 saturated heterocycles. The summed E-state index contributed by atoms with van der Waals surface area (Å²) in [6, 6.07) is 11.0. The molecule has 1 atom stereocenters. The summed E-state index contributed by atoms with van der Waals surface area (Å²) >= 11 is 0. The molecule has 0 bridgehead atoms. The van der Waals surface area contributed by atoms with Crippen molar-refractivity contribution in [3.8, 4) is 12.1 Å². The quantitative estimate of drug-likeness (QED) is 0.856. The molecular weight excluding hydrogens is 252 g/mol. The Bertz CT molecular complexity index is 568. The lowest BCUT2D eigenvalue weighted by atomic mass is 9.90. The van der Waals surface area contributed by atoms with Crippen LogP contribution in [-0.4, -0.2) is 18.0 Å². The number of hydrogen-bond acceptors (Lipinski definition) is 4. The van der Waals surface area contributed by atoms with Gasteiger partial charge in [0, 0.05) is 5.69 Å². The lowest BCUT2D eigenvalue weighted by molar-refractivity contribution is -0.121. The van der Waals surface area contributed by atoms with Crippen molar-refractivity contribution in [3.05, 3.63) is 29.8 Å². The lowest BCUT2D eigenvalue weighted by Crippen LogP contribution is -2.50. The molecule has 1 rings (SSSR count). The van der Waals surface area contributed by atoms with Crippen molar-refractivity contribution in [2.75, 3.05) is 11.9 Å². The van der Waals surface area contributed by atoms with Gasteiger partial charge in [-0.25, -0.2) is 0 Å². The molecule has 1 amide bonds. The van der Waals surface area contributed by atoms with Crippen molar-refractivity contribution in [1.82, 2.24) is 5.32 Å². The van der Waals surface area contributed by atoms with E-state index in [-0.39, 0.29) is 18.4 Å². The summed E-state index contributed by atoms with van der Waals surface area (Å²) in [7, 11) is 0. The van der Waals surface area contributed by atoms with Crippen LogP contribution in [0.25, 0.3) is 0 Å². The van der Waals surface area contributed by atoms with E-state index in [9.17, 15) is 4.79 Å². The average molecular weight is 270 g/mol. The van der Waals surface area contributed by atoms with Gasteiger partial charge >= 0.3 is 0 Å². The van der Waals surface area contributed by atoms with E-state index < -0.39 is 5.54 Å². The zero-order valence-corrected chi connectivity index (χ0v) is 11.9. The third-order valence-electron chi connectivity index (χ3n) is 3.23. The van der Waals surface area contributed by atoms with Crippen LogP contribution in [0.3, 0.4) is 0 Å². The molecular formula is C15H18N4O. The van der Waals surface area contributed by atoms with Gasteiger partial charge in [-0.1, -0.05) is 19.9 Å². The van der Waals surface area contributed by atoms with Crippen LogP contribution in [0.5, 0.6) is 0 Å². The fourth-order valence-corrected chi connectivity index (χ4v) is 1.52. The number of nitriles is 2. The Balaban J connectivity index is 2.60. The zero-order valence-electron chi connectivity index (χ0n) is 11.9. The van der Waals surface area contributed by atoms with Crippen molar-refractivity contribution in [3.63, 3.8) is 0 Å². The highest BCUT2D eigenvalue weighted by Gasteiger charge is 2.29. The molecule has 0 heterocycles. The summed E-state index contributed by atoms with van der Waals surface area (Å²) in [5, 5.41) is 23.6. The predicted octanol–water partition coefficient (Wildman–Crippen LogP) is 2.02. The Morgan fingerprint density at radius 3 is 2.65 bits per heavy atom. The molecule has 0 aliphatic rings. The van der Waals surface area contributed by atoms with Gasteiger partial charge in [0.2, 0.25) is 5.91 Å². The second-order valence-corrected chi connectivity index (χ2v) is 5.06. The van der Waals surface area contributed by atoms with Crippen LogP contribution in [0.4, 0.5) is 5.69 Å². The molecule has 0 spiro atoms. The molecule has 0 aliphatic heterocycles. The summed E-state index contributed by atoms with van der Waals surface area (Å²) in [5.41, 5.74) is 0.342. The average Bonchev–Trinajstić information content (AvgIpc) is 2.45. The van der Waals surface area contributed by atoms with E-state index in [1.54, 1.807) is 31.2 Å². The molecule has 0 aromatic heterocycles. The summed E-state index contributed by atoms with van der Waals surface area (Å²) < 4.78 is 0. The molecule has 1 aromatic rings. The fourth-order valence-electron chi connectivity index (χ4n) is 1.52. The second kappa shape index (κ2) is 6.58. The van der Waals surface area contributed by atoms with Gasteiger partial charge in [0.05, 0.1) is 24.2 Å². The van der Waals surface area contributed by atoms with Crippen LogP contribution >= 0.6 is 0 Å². The Labute approximate surface area is 119 Å². The first-order chi connectivity index (χ1) is 9.41. The minimum atomic E-state index is -0.882. The molecule has 2 N–H and O–H groups in total.